The molecule has 0 aliphatic carbocycles. The summed E-state index contributed by atoms with van der Waals surface area (Å²) in [6.45, 7) is 0.424. The van der Waals surface area contributed by atoms with Gasteiger partial charge in [0.1, 0.15) is 11.5 Å². The SMILES string of the molecule is O=C(Nc1ccc(-c2ccc(Cl)cc2)nn1)c1ccc(OC(=O)C2CCOc3ccccc32)c(Cl)c1. The molecule has 3 aromatic carbocycles. The van der Waals surface area contributed by atoms with Gasteiger partial charge in [0.25, 0.3) is 5.91 Å². The van der Waals surface area contributed by atoms with Gasteiger partial charge < -0.3 is 14.8 Å². The lowest BCUT2D eigenvalue weighted by Gasteiger charge is -2.24. The van der Waals surface area contributed by atoms with Crippen LogP contribution in [0.4, 0.5) is 5.82 Å². The molecule has 1 aromatic heterocycles. The van der Waals surface area contributed by atoms with Gasteiger partial charge in [0, 0.05) is 21.7 Å². The number of hydrogen-bond donors (Lipinski definition) is 1. The highest BCUT2D eigenvalue weighted by Crippen LogP contribution is 2.35. The predicted octanol–water partition coefficient (Wildman–Crippen LogP) is 6.17. The number of fused-ring (bicyclic) bond motifs is 1. The Kier molecular flexibility index (Phi) is 6.84. The van der Waals surface area contributed by atoms with Gasteiger partial charge in [-0.1, -0.05) is 53.5 Å². The van der Waals surface area contributed by atoms with E-state index in [0.717, 1.165) is 11.1 Å². The van der Waals surface area contributed by atoms with Gasteiger partial charge in [-0.2, -0.15) is 0 Å². The van der Waals surface area contributed by atoms with Crippen LogP contribution in [-0.4, -0.2) is 28.7 Å². The normalized spacial score (nSPS) is 14.3. The van der Waals surface area contributed by atoms with Crippen molar-refractivity contribution in [1.29, 1.82) is 0 Å². The molecule has 5 rings (SSSR count). The number of carbonyl (C=O) groups is 2. The number of anilines is 1. The highest BCUT2D eigenvalue weighted by molar-refractivity contribution is 6.32. The Morgan fingerprint density at radius 3 is 2.50 bits per heavy atom. The number of carbonyl (C=O) groups excluding carboxylic acids is 2. The number of halogens is 2. The van der Waals surface area contributed by atoms with E-state index in [9.17, 15) is 9.59 Å². The zero-order valence-corrected chi connectivity index (χ0v) is 20.3. The summed E-state index contributed by atoms with van der Waals surface area (Å²) in [5, 5.41) is 11.7. The van der Waals surface area contributed by atoms with E-state index in [1.54, 1.807) is 24.3 Å². The molecule has 0 fully saturated rings. The lowest BCUT2D eigenvalue weighted by Crippen LogP contribution is -2.25. The molecule has 1 amide bonds. The highest BCUT2D eigenvalue weighted by Gasteiger charge is 2.29. The van der Waals surface area contributed by atoms with E-state index in [1.807, 2.05) is 36.4 Å². The zero-order valence-electron chi connectivity index (χ0n) is 18.8. The topological polar surface area (TPSA) is 90.4 Å². The van der Waals surface area contributed by atoms with E-state index in [-0.39, 0.29) is 22.2 Å². The highest BCUT2D eigenvalue weighted by atomic mass is 35.5. The summed E-state index contributed by atoms with van der Waals surface area (Å²) in [5.41, 5.74) is 2.56. The Morgan fingerprint density at radius 1 is 0.944 bits per heavy atom. The first-order chi connectivity index (χ1) is 17.5. The maximum absolute atomic E-state index is 12.9. The van der Waals surface area contributed by atoms with E-state index in [2.05, 4.69) is 15.5 Å². The number of hydrogen-bond acceptors (Lipinski definition) is 6. The first-order valence-corrected chi connectivity index (χ1v) is 11.9. The maximum atomic E-state index is 12.9. The molecular formula is C27H19Cl2N3O4. The third kappa shape index (κ3) is 5.17. The van der Waals surface area contributed by atoms with Crippen molar-refractivity contribution in [2.45, 2.75) is 12.3 Å². The second-order valence-corrected chi connectivity index (χ2v) is 8.90. The van der Waals surface area contributed by atoms with Crippen molar-refractivity contribution in [3.05, 3.63) is 100 Å². The van der Waals surface area contributed by atoms with Gasteiger partial charge in [-0.15, -0.1) is 10.2 Å². The van der Waals surface area contributed by atoms with Crippen LogP contribution in [0.5, 0.6) is 11.5 Å². The molecule has 36 heavy (non-hydrogen) atoms. The number of aromatic nitrogens is 2. The minimum atomic E-state index is -0.455. The minimum Gasteiger partial charge on any atom is -0.493 e. The molecule has 0 radical (unpaired) electrons. The number of benzene rings is 3. The van der Waals surface area contributed by atoms with Crippen LogP contribution in [0.2, 0.25) is 10.0 Å². The molecule has 1 atom stereocenters. The van der Waals surface area contributed by atoms with Crippen LogP contribution in [0.25, 0.3) is 11.3 Å². The summed E-state index contributed by atoms with van der Waals surface area (Å²) in [7, 11) is 0. The second-order valence-electron chi connectivity index (χ2n) is 8.06. The standard InChI is InChI=1S/C27H19Cl2N3O4/c28-18-8-5-16(6-9-18)22-10-12-25(32-31-22)30-26(33)17-7-11-24(21(29)15-17)36-27(34)20-13-14-35-23-4-2-1-3-19(20)23/h1-12,15,20H,13-14H2,(H,30,32,33). The minimum absolute atomic E-state index is 0.139. The van der Waals surface area contributed by atoms with E-state index in [1.165, 1.54) is 18.2 Å². The van der Waals surface area contributed by atoms with Gasteiger partial charge in [-0.05, 0) is 55.0 Å². The third-order valence-electron chi connectivity index (χ3n) is 5.69. The quantitative estimate of drug-likeness (QED) is 0.250. The van der Waals surface area contributed by atoms with Crippen molar-refractivity contribution >= 4 is 40.9 Å². The van der Waals surface area contributed by atoms with Crippen LogP contribution >= 0.6 is 23.2 Å². The van der Waals surface area contributed by atoms with Gasteiger partial charge in [0.15, 0.2) is 5.82 Å². The lowest BCUT2D eigenvalue weighted by molar-refractivity contribution is -0.136. The van der Waals surface area contributed by atoms with Crippen molar-refractivity contribution in [2.24, 2.45) is 0 Å². The summed E-state index contributed by atoms with van der Waals surface area (Å²) < 4.78 is 11.2. The van der Waals surface area contributed by atoms with E-state index >= 15 is 0 Å². The first-order valence-electron chi connectivity index (χ1n) is 11.1. The molecule has 1 aliphatic heterocycles. The number of ether oxygens (including phenoxy) is 2. The van der Waals surface area contributed by atoms with Crippen LogP contribution in [0.1, 0.15) is 28.3 Å². The Bertz CT molecular complexity index is 1430. The smallest absolute Gasteiger partial charge is 0.319 e. The van der Waals surface area contributed by atoms with Crippen molar-refractivity contribution in [2.75, 3.05) is 11.9 Å². The number of esters is 1. The molecule has 0 saturated carbocycles. The van der Waals surface area contributed by atoms with Gasteiger partial charge in [0.2, 0.25) is 0 Å². The molecule has 0 spiro atoms. The Hall–Kier alpha value is -3.94. The average Bonchev–Trinajstić information content (AvgIpc) is 2.90. The Labute approximate surface area is 217 Å². The lowest BCUT2D eigenvalue weighted by atomic mass is 9.93. The Balaban J connectivity index is 1.25. The molecule has 1 aliphatic rings. The van der Waals surface area contributed by atoms with Gasteiger partial charge in [-0.25, -0.2) is 0 Å². The number of para-hydroxylation sites is 1. The summed E-state index contributed by atoms with van der Waals surface area (Å²) in [5.74, 6) is -0.184. The summed E-state index contributed by atoms with van der Waals surface area (Å²) in [4.78, 5) is 25.6. The van der Waals surface area contributed by atoms with Crippen LogP contribution in [0, 0.1) is 0 Å². The summed E-state index contributed by atoms with van der Waals surface area (Å²) >= 11 is 12.3. The summed E-state index contributed by atoms with van der Waals surface area (Å²) in [6.07, 6.45) is 0.506. The molecule has 9 heteroatoms. The molecule has 2 heterocycles. The van der Waals surface area contributed by atoms with E-state index in [0.29, 0.717) is 29.5 Å². The largest absolute Gasteiger partial charge is 0.493 e. The van der Waals surface area contributed by atoms with Crippen molar-refractivity contribution in [1.82, 2.24) is 10.2 Å². The summed E-state index contributed by atoms with van der Waals surface area (Å²) in [6, 6.07) is 22.4. The third-order valence-corrected chi connectivity index (χ3v) is 6.24. The van der Waals surface area contributed by atoms with Crippen LogP contribution in [0.15, 0.2) is 78.9 Å². The zero-order chi connectivity index (χ0) is 25.1. The van der Waals surface area contributed by atoms with Crippen molar-refractivity contribution in [3.63, 3.8) is 0 Å². The Morgan fingerprint density at radius 2 is 1.75 bits per heavy atom. The monoisotopic (exact) mass is 519 g/mol. The number of amides is 1. The van der Waals surface area contributed by atoms with Crippen LogP contribution in [-0.2, 0) is 4.79 Å². The van der Waals surface area contributed by atoms with Crippen LogP contribution < -0.4 is 14.8 Å². The fourth-order valence-electron chi connectivity index (χ4n) is 3.85. The maximum Gasteiger partial charge on any atom is 0.319 e. The molecule has 180 valence electrons. The molecule has 0 saturated heterocycles. The average molecular weight is 520 g/mol. The molecule has 1 N–H and O–H groups in total. The predicted molar refractivity (Wildman–Crippen MR) is 137 cm³/mol. The number of nitrogens with one attached hydrogen (secondary N) is 1. The van der Waals surface area contributed by atoms with Crippen LogP contribution in [0.3, 0.4) is 0 Å². The molecule has 7 nitrogen and oxygen atoms in total. The van der Waals surface area contributed by atoms with Gasteiger partial charge in [-0.3, -0.25) is 9.59 Å². The van der Waals surface area contributed by atoms with E-state index in [4.69, 9.17) is 32.7 Å². The molecule has 1 unspecified atom stereocenters. The van der Waals surface area contributed by atoms with Gasteiger partial charge in [0.05, 0.1) is 23.2 Å². The number of nitrogens with zero attached hydrogens (tertiary/aromatic N) is 2. The number of rotatable bonds is 5. The van der Waals surface area contributed by atoms with E-state index < -0.39 is 17.8 Å². The fraction of sp³-hybridized carbons (Fsp3) is 0.111. The second kappa shape index (κ2) is 10.4. The molecular weight excluding hydrogens is 501 g/mol. The fourth-order valence-corrected chi connectivity index (χ4v) is 4.20. The van der Waals surface area contributed by atoms with Gasteiger partial charge >= 0.3 is 5.97 Å². The van der Waals surface area contributed by atoms with Crippen molar-refractivity contribution < 1.29 is 19.1 Å². The molecule has 0 bridgehead atoms. The molecule has 4 aromatic rings. The first kappa shape index (κ1) is 23.8. The van der Waals surface area contributed by atoms with Crippen molar-refractivity contribution in [3.8, 4) is 22.8 Å².